The fourth-order valence-electron chi connectivity index (χ4n) is 3.24. The SMILES string of the molecule is CSc1cccc(NC(=O)CN2C(=O)S/C(=C/c3ccc(OCc4ccc(Cl)cc4)cc3)C2=O)c1. The Kier molecular flexibility index (Phi) is 8.17. The van der Waals surface area contributed by atoms with Crippen LogP contribution in [0.15, 0.2) is 82.6 Å². The van der Waals surface area contributed by atoms with E-state index in [1.54, 1.807) is 48.2 Å². The molecule has 0 unspecified atom stereocenters. The van der Waals surface area contributed by atoms with Crippen molar-refractivity contribution in [2.45, 2.75) is 11.5 Å². The third-order valence-corrected chi connectivity index (χ3v) is 6.91. The van der Waals surface area contributed by atoms with Crippen molar-refractivity contribution in [2.24, 2.45) is 0 Å². The molecule has 0 radical (unpaired) electrons. The van der Waals surface area contributed by atoms with Gasteiger partial charge in [0.1, 0.15) is 18.9 Å². The standard InChI is InChI=1S/C26H21ClN2O4S2/c1-34-22-4-2-3-20(14-22)28-24(30)15-29-25(31)23(35-26(29)32)13-17-7-11-21(12-8-17)33-16-18-5-9-19(27)10-6-18/h2-14H,15-16H2,1H3,(H,28,30)/b23-13+. The minimum atomic E-state index is -0.490. The summed E-state index contributed by atoms with van der Waals surface area (Å²) in [5.74, 6) is -0.252. The molecule has 4 rings (SSSR count). The van der Waals surface area contributed by atoms with Gasteiger partial charge in [0.2, 0.25) is 5.91 Å². The van der Waals surface area contributed by atoms with E-state index in [4.69, 9.17) is 16.3 Å². The lowest BCUT2D eigenvalue weighted by atomic mass is 10.2. The summed E-state index contributed by atoms with van der Waals surface area (Å²) in [6.45, 7) is 0.0576. The lowest BCUT2D eigenvalue weighted by molar-refractivity contribution is -0.127. The van der Waals surface area contributed by atoms with Gasteiger partial charge in [0.15, 0.2) is 0 Å². The minimum absolute atomic E-state index is 0.266. The number of ether oxygens (including phenoxy) is 1. The molecule has 3 aromatic carbocycles. The van der Waals surface area contributed by atoms with Crippen LogP contribution in [0.4, 0.5) is 10.5 Å². The molecule has 0 aliphatic carbocycles. The van der Waals surface area contributed by atoms with Gasteiger partial charge in [-0.2, -0.15) is 0 Å². The zero-order valence-corrected chi connectivity index (χ0v) is 21.1. The molecule has 6 nitrogen and oxygen atoms in total. The summed E-state index contributed by atoms with van der Waals surface area (Å²) in [4.78, 5) is 39.8. The Labute approximate surface area is 216 Å². The number of thioether (sulfide) groups is 2. The Hall–Kier alpha value is -3.20. The maximum absolute atomic E-state index is 12.8. The molecule has 0 atom stereocenters. The van der Waals surface area contributed by atoms with Crippen molar-refractivity contribution < 1.29 is 19.1 Å². The van der Waals surface area contributed by atoms with Crippen molar-refractivity contribution in [1.82, 2.24) is 4.90 Å². The number of nitrogens with zero attached hydrogens (tertiary/aromatic N) is 1. The molecule has 1 aliphatic rings. The first-order chi connectivity index (χ1) is 16.9. The summed E-state index contributed by atoms with van der Waals surface area (Å²) in [5.41, 5.74) is 2.35. The number of hydrogen-bond acceptors (Lipinski definition) is 6. The van der Waals surface area contributed by atoms with Crippen LogP contribution in [-0.2, 0) is 16.2 Å². The van der Waals surface area contributed by atoms with Gasteiger partial charge in [0.25, 0.3) is 11.1 Å². The van der Waals surface area contributed by atoms with Gasteiger partial charge in [-0.25, -0.2) is 0 Å². The average Bonchev–Trinajstić information content (AvgIpc) is 3.12. The van der Waals surface area contributed by atoms with Crippen LogP contribution in [0.1, 0.15) is 11.1 Å². The highest BCUT2D eigenvalue weighted by molar-refractivity contribution is 8.18. The van der Waals surface area contributed by atoms with E-state index in [-0.39, 0.29) is 11.4 Å². The quantitative estimate of drug-likeness (QED) is 0.274. The van der Waals surface area contributed by atoms with Gasteiger partial charge >= 0.3 is 0 Å². The van der Waals surface area contributed by atoms with E-state index in [1.807, 2.05) is 48.7 Å². The molecule has 1 aliphatic heterocycles. The molecule has 1 saturated heterocycles. The highest BCUT2D eigenvalue weighted by Crippen LogP contribution is 2.32. The molecular weight excluding hydrogens is 504 g/mol. The lowest BCUT2D eigenvalue weighted by Crippen LogP contribution is -2.36. The van der Waals surface area contributed by atoms with E-state index in [0.717, 1.165) is 32.7 Å². The Bertz CT molecular complexity index is 1280. The molecule has 9 heteroatoms. The predicted molar refractivity (Wildman–Crippen MR) is 142 cm³/mol. The summed E-state index contributed by atoms with van der Waals surface area (Å²) in [5, 5.41) is 2.93. The summed E-state index contributed by atoms with van der Waals surface area (Å²) >= 11 is 8.27. The van der Waals surface area contributed by atoms with Crippen LogP contribution in [0.2, 0.25) is 5.02 Å². The number of carbonyl (C=O) groups excluding carboxylic acids is 3. The van der Waals surface area contributed by atoms with E-state index in [0.29, 0.717) is 23.1 Å². The second-order valence-electron chi connectivity index (χ2n) is 7.53. The van der Waals surface area contributed by atoms with Crippen molar-refractivity contribution in [3.8, 4) is 5.75 Å². The zero-order chi connectivity index (χ0) is 24.8. The second kappa shape index (κ2) is 11.5. The highest BCUT2D eigenvalue weighted by Gasteiger charge is 2.36. The van der Waals surface area contributed by atoms with E-state index < -0.39 is 17.1 Å². The van der Waals surface area contributed by atoms with Gasteiger partial charge in [-0.3, -0.25) is 19.3 Å². The van der Waals surface area contributed by atoms with Gasteiger partial charge in [0.05, 0.1) is 4.91 Å². The monoisotopic (exact) mass is 524 g/mol. The molecule has 1 fully saturated rings. The van der Waals surface area contributed by atoms with Gasteiger partial charge in [0, 0.05) is 15.6 Å². The van der Waals surface area contributed by atoms with Gasteiger partial charge in [-0.15, -0.1) is 11.8 Å². The third kappa shape index (κ3) is 6.69. The van der Waals surface area contributed by atoms with Crippen molar-refractivity contribution in [2.75, 3.05) is 18.1 Å². The maximum Gasteiger partial charge on any atom is 0.294 e. The summed E-state index contributed by atoms with van der Waals surface area (Å²) in [7, 11) is 0. The van der Waals surface area contributed by atoms with Crippen LogP contribution < -0.4 is 10.1 Å². The molecule has 3 amide bonds. The molecular formula is C26H21ClN2O4S2. The van der Waals surface area contributed by atoms with Crippen LogP contribution in [0, 0.1) is 0 Å². The Morgan fingerprint density at radius 2 is 1.83 bits per heavy atom. The highest BCUT2D eigenvalue weighted by atomic mass is 35.5. The number of hydrogen-bond donors (Lipinski definition) is 1. The van der Waals surface area contributed by atoms with E-state index >= 15 is 0 Å². The molecule has 0 spiro atoms. The molecule has 0 saturated carbocycles. The van der Waals surface area contributed by atoms with Crippen molar-refractivity contribution in [3.63, 3.8) is 0 Å². The fourth-order valence-corrected chi connectivity index (χ4v) is 4.66. The number of benzene rings is 3. The van der Waals surface area contributed by atoms with Crippen LogP contribution in [0.3, 0.4) is 0 Å². The number of carbonyl (C=O) groups is 3. The van der Waals surface area contributed by atoms with Crippen molar-refractivity contribution in [3.05, 3.63) is 93.9 Å². The topological polar surface area (TPSA) is 75.7 Å². The summed E-state index contributed by atoms with van der Waals surface area (Å²) in [6, 6.07) is 22.0. The predicted octanol–water partition coefficient (Wildman–Crippen LogP) is 6.32. The summed E-state index contributed by atoms with van der Waals surface area (Å²) in [6.07, 6.45) is 3.57. The zero-order valence-electron chi connectivity index (χ0n) is 18.7. The number of amides is 3. The van der Waals surface area contributed by atoms with Crippen LogP contribution >= 0.6 is 35.1 Å². The van der Waals surface area contributed by atoms with E-state index in [1.165, 1.54) is 0 Å². The maximum atomic E-state index is 12.8. The van der Waals surface area contributed by atoms with Gasteiger partial charge in [-0.1, -0.05) is 41.9 Å². The molecule has 35 heavy (non-hydrogen) atoms. The second-order valence-corrected chi connectivity index (χ2v) is 9.84. The normalized spacial score (nSPS) is 14.5. The number of imide groups is 1. The summed E-state index contributed by atoms with van der Waals surface area (Å²) < 4.78 is 5.78. The smallest absolute Gasteiger partial charge is 0.294 e. The molecule has 1 N–H and O–H groups in total. The minimum Gasteiger partial charge on any atom is -0.489 e. The molecule has 1 heterocycles. The number of halogens is 1. The van der Waals surface area contributed by atoms with Crippen molar-refractivity contribution >= 4 is 63.9 Å². The molecule has 0 aromatic heterocycles. The van der Waals surface area contributed by atoms with Crippen LogP contribution in [0.25, 0.3) is 6.08 Å². The first-order valence-corrected chi connectivity index (χ1v) is 13.0. The van der Waals surface area contributed by atoms with Crippen LogP contribution in [-0.4, -0.2) is 34.8 Å². The first kappa shape index (κ1) is 24.9. The van der Waals surface area contributed by atoms with Gasteiger partial charge < -0.3 is 10.1 Å². The van der Waals surface area contributed by atoms with Crippen LogP contribution in [0.5, 0.6) is 5.75 Å². The Morgan fingerprint density at radius 3 is 2.54 bits per heavy atom. The molecule has 3 aromatic rings. The average molecular weight is 525 g/mol. The Morgan fingerprint density at radius 1 is 1.09 bits per heavy atom. The lowest BCUT2D eigenvalue weighted by Gasteiger charge is -2.12. The molecule has 0 bridgehead atoms. The first-order valence-electron chi connectivity index (χ1n) is 10.6. The molecule has 178 valence electrons. The largest absolute Gasteiger partial charge is 0.489 e. The number of rotatable bonds is 8. The van der Waals surface area contributed by atoms with Crippen molar-refractivity contribution in [1.29, 1.82) is 0 Å². The number of anilines is 1. The van der Waals surface area contributed by atoms with E-state index in [2.05, 4.69) is 5.32 Å². The van der Waals surface area contributed by atoms with Gasteiger partial charge in [-0.05, 0) is 77.7 Å². The van der Waals surface area contributed by atoms with E-state index in [9.17, 15) is 14.4 Å². The number of nitrogens with one attached hydrogen (secondary N) is 1. The third-order valence-electron chi connectivity index (χ3n) is 5.03. The fraction of sp³-hybridized carbons (Fsp3) is 0.115. The Balaban J connectivity index is 1.35.